The Bertz CT molecular complexity index is 1400. The summed E-state index contributed by atoms with van der Waals surface area (Å²) in [6, 6.07) is 20.7. The summed E-state index contributed by atoms with van der Waals surface area (Å²) in [4.78, 5) is 49.8. The molecule has 0 unspecified atom stereocenters. The number of aromatic nitrogens is 2. The van der Waals surface area contributed by atoms with Crippen LogP contribution in [0.3, 0.4) is 0 Å². The van der Waals surface area contributed by atoms with E-state index >= 15 is 0 Å². The molecular weight excluding hydrogens is 490 g/mol. The first-order chi connectivity index (χ1) is 18.0. The minimum atomic E-state index is -0.442. The van der Waals surface area contributed by atoms with E-state index in [0.717, 1.165) is 30.4 Å². The van der Waals surface area contributed by atoms with E-state index < -0.39 is 11.1 Å². The Labute approximate surface area is 217 Å². The molecule has 2 aromatic carbocycles. The van der Waals surface area contributed by atoms with E-state index in [0.29, 0.717) is 42.8 Å². The van der Waals surface area contributed by atoms with Crippen molar-refractivity contribution >= 4 is 40.8 Å². The lowest BCUT2D eigenvalue weighted by atomic mass is 9.72. The predicted molar refractivity (Wildman–Crippen MR) is 139 cm³/mol. The van der Waals surface area contributed by atoms with Crippen LogP contribution in [0.4, 0.5) is 10.7 Å². The van der Waals surface area contributed by atoms with Crippen LogP contribution < -0.4 is 15.0 Å². The molecule has 0 saturated carbocycles. The Morgan fingerprint density at radius 1 is 1.00 bits per heavy atom. The number of carbonyl (C=O) groups excluding carboxylic acids is 3. The number of hydrogen-bond donors (Lipinski definition) is 1. The van der Waals surface area contributed by atoms with Crippen molar-refractivity contribution in [1.29, 1.82) is 0 Å². The average Bonchev–Trinajstić information content (AvgIpc) is 3.18. The third kappa shape index (κ3) is 4.79. The van der Waals surface area contributed by atoms with Crippen molar-refractivity contribution in [3.8, 4) is 5.88 Å². The SMILES string of the molecule is O=C1NC(=O)/C(=C/c2cc(OCc3ccccc3)nc(N3CC4(CN(C(=O)c5ccccc5)C4)C3)n2)S1. The van der Waals surface area contributed by atoms with E-state index in [1.165, 1.54) is 0 Å². The van der Waals surface area contributed by atoms with Crippen LogP contribution in [0.15, 0.2) is 71.6 Å². The number of amides is 3. The molecule has 1 spiro atoms. The molecular formula is C27H23N5O4S. The van der Waals surface area contributed by atoms with Crippen LogP contribution in [0, 0.1) is 5.41 Å². The molecule has 1 aromatic heterocycles. The molecule has 3 aliphatic heterocycles. The smallest absolute Gasteiger partial charge is 0.290 e. The zero-order chi connectivity index (χ0) is 25.4. The maximum absolute atomic E-state index is 12.7. The van der Waals surface area contributed by atoms with E-state index in [9.17, 15) is 14.4 Å². The number of thioether (sulfide) groups is 1. The van der Waals surface area contributed by atoms with Gasteiger partial charge in [-0.25, -0.2) is 4.98 Å². The van der Waals surface area contributed by atoms with Gasteiger partial charge in [-0.15, -0.1) is 0 Å². The number of rotatable bonds is 6. The quantitative estimate of drug-likeness (QED) is 0.501. The fraction of sp³-hybridized carbons (Fsp3) is 0.222. The average molecular weight is 514 g/mol. The first-order valence-electron chi connectivity index (χ1n) is 11.9. The number of nitrogens with one attached hydrogen (secondary N) is 1. The summed E-state index contributed by atoms with van der Waals surface area (Å²) >= 11 is 0.841. The summed E-state index contributed by atoms with van der Waals surface area (Å²) in [6.07, 6.45) is 1.57. The first-order valence-corrected chi connectivity index (χ1v) is 12.7. The number of ether oxygens (including phenoxy) is 1. The Kier molecular flexibility index (Phi) is 5.88. The first kappa shape index (κ1) is 23.2. The number of likely N-dealkylation sites (tertiary alicyclic amines) is 1. The van der Waals surface area contributed by atoms with E-state index in [-0.39, 0.29) is 16.2 Å². The number of imide groups is 1. The van der Waals surface area contributed by atoms with Gasteiger partial charge in [0, 0.05) is 43.2 Å². The highest BCUT2D eigenvalue weighted by molar-refractivity contribution is 8.18. The summed E-state index contributed by atoms with van der Waals surface area (Å²) in [5.41, 5.74) is 2.21. The largest absolute Gasteiger partial charge is 0.473 e. The topological polar surface area (TPSA) is 105 Å². The van der Waals surface area contributed by atoms with Gasteiger partial charge in [0.1, 0.15) is 6.61 Å². The van der Waals surface area contributed by atoms with E-state index in [4.69, 9.17) is 4.74 Å². The lowest BCUT2D eigenvalue weighted by Gasteiger charge is -2.60. The monoisotopic (exact) mass is 513 g/mol. The Morgan fingerprint density at radius 2 is 1.70 bits per heavy atom. The molecule has 10 heteroatoms. The van der Waals surface area contributed by atoms with Crippen molar-refractivity contribution in [2.75, 3.05) is 31.1 Å². The fourth-order valence-corrected chi connectivity index (χ4v) is 5.45. The maximum Gasteiger partial charge on any atom is 0.290 e. The Balaban J connectivity index is 1.17. The van der Waals surface area contributed by atoms with Crippen LogP contribution in [-0.4, -0.2) is 58.1 Å². The summed E-state index contributed by atoms with van der Waals surface area (Å²) in [5, 5.41) is 1.85. The minimum Gasteiger partial charge on any atom is -0.473 e. The molecule has 0 atom stereocenters. The van der Waals surface area contributed by atoms with Crippen molar-refractivity contribution in [2.45, 2.75) is 6.61 Å². The van der Waals surface area contributed by atoms with Crippen molar-refractivity contribution in [2.24, 2.45) is 5.41 Å². The van der Waals surface area contributed by atoms with Crippen LogP contribution in [0.25, 0.3) is 6.08 Å². The van der Waals surface area contributed by atoms with Crippen molar-refractivity contribution < 1.29 is 19.1 Å². The predicted octanol–water partition coefficient (Wildman–Crippen LogP) is 3.34. The molecule has 9 nitrogen and oxygen atoms in total. The van der Waals surface area contributed by atoms with Crippen LogP contribution in [0.5, 0.6) is 5.88 Å². The van der Waals surface area contributed by atoms with Gasteiger partial charge in [0.2, 0.25) is 11.8 Å². The van der Waals surface area contributed by atoms with Gasteiger partial charge in [0.25, 0.3) is 17.1 Å². The zero-order valence-electron chi connectivity index (χ0n) is 19.8. The number of nitrogens with zero attached hydrogens (tertiary/aromatic N) is 4. The van der Waals surface area contributed by atoms with Gasteiger partial charge in [-0.1, -0.05) is 48.5 Å². The summed E-state index contributed by atoms with van der Waals surface area (Å²) in [6.45, 7) is 3.16. The number of benzene rings is 2. The second kappa shape index (κ2) is 9.36. The number of hydrogen-bond acceptors (Lipinski definition) is 8. The molecule has 0 radical (unpaired) electrons. The van der Waals surface area contributed by atoms with Crippen molar-refractivity contribution in [3.63, 3.8) is 0 Å². The molecule has 3 aromatic rings. The van der Waals surface area contributed by atoms with E-state index in [1.54, 1.807) is 12.1 Å². The van der Waals surface area contributed by atoms with Crippen LogP contribution in [-0.2, 0) is 11.4 Å². The van der Waals surface area contributed by atoms with Crippen molar-refractivity contribution in [1.82, 2.24) is 20.2 Å². The fourth-order valence-electron chi connectivity index (χ4n) is 4.78. The van der Waals surface area contributed by atoms with Gasteiger partial charge in [-0.2, -0.15) is 4.98 Å². The van der Waals surface area contributed by atoms with E-state index in [2.05, 4.69) is 20.2 Å². The molecule has 3 amide bonds. The van der Waals surface area contributed by atoms with Crippen LogP contribution >= 0.6 is 11.8 Å². The second-order valence-electron chi connectivity index (χ2n) is 9.44. The summed E-state index contributed by atoms with van der Waals surface area (Å²) < 4.78 is 5.96. The standard InChI is InChI=1S/C27H23N5O4S/c33-23-21(37-26(35)30-23)11-20-12-22(36-13-18-7-3-1-4-8-18)29-25(28-20)32-16-27(17-32)14-31(15-27)24(34)19-9-5-2-6-10-19/h1-12H,13-17H2,(H,30,33,35)/b21-11-. The highest BCUT2D eigenvalue weighted by Gasteiger charge is 2.54. The molecule has 3 saturated heterocycles. The van der Waals surface area contributed by atoms with Gasteiger partial charge in [-0.3, -0.25) is 19.7 Å². The van der Waals surface area contributed by atoms with Gasteiger partial charge >= 0.3 is 0 Å². The molecule has 6 rings (SSSR count). The van der Waals surface area contributed by atoms with Gasteiger partial charge in [0.15, 0.2) is 0 Å². The van der Waals surface area contributed by atoms with Crippen molar-refractivity contribution in [3.05, 3.63) is 88.5 Å². The third-order valence-corrected chi connectivity index (χ3v) is 7.37. The molecule has 3 fully saturated rings. The molecule has 1 N–H and O–H groups in total. The normalized spacial score (nSPS) is 19.0. The van der Waals surface area contributed by atoms with Gasteiger partial charge < -0.3 is 14.5 Å². The van der Waals surface area contributed by atoms with Crippen LogP contribution in [0.2, 0.25) is 0 Å². The zero-order valence-corrected chi connectivity index (χ0v) is 20.6. The molecule has 0 aliphatic carbocycles. The van der Waals surface area contributed by atoms with Gasteiger partial charge in [-0.05, 0) is 35.5 Å². The second-order valence-corrected chi connectivity index (χ2v) is 10.5. The maximum atomic E-state index is 12.7. The lowest BCUT2D eigenvalue weighted by molar-refractivity contribution is -0.115. The van der Waals surface area contributed by atoms with Gasteiger partial charge in [0.05, 0.1) is 10.6 Å². The highest BCUT2D eigenvalue weighted by atomic mass is 32.2. The molecule has 37 heavy (non-hydrogen) atoms. The highest BCUT2D eigenvalue weighted by Crippen LogP contribution is 2.42. The number of anilines is 1. The Morgan fingerprint density at radius 3 is 2.38 bits per heavy atom. The molecule has 4 heterocycles. The van der Waals surface area contributed by atoms with Crippen LogP contribution in [0.1, 0.15) is 21.6 Å². The summed E-state index contributed by atoms with van der Waals surface area (Å²) in [5.74, 6) is 0.479. The lowest BCUT2D eigenvalue weighted by Crippen LogP contribution is -2.73. The molecule has 3 aliphatic rings. The molecule has 186 valence electrons. The summed E-state index contributed by atoms with van der Waals surface area (Å²) in [7, 11) is 0. The molecule has 0 bridgehead atoms. The third-order valence-electron chi connectivity index (χ3n) is 6.56. The van der Waals surface area contributed by atoms with E-state index in [1.807, 2.05) is 65.6 Å². The number of carbonyl (C=O) groups is 3. The minimum absolute atomic E-state index is 0.0287. The Hall–Kier alpha value is -4.18.